The number of hydrogen-bond donors (Lipinski definition) is 0. The zero-order chi connectivity index (χ0) is 19.5. The average Bonchev–Trinajstić information content (AvgIpc) is 3.54. The second kappa shape index (κ2) is 8.79. The molecular formula is C21H21N5S3. The van der Waals surface area contributed by atoms with Crippen molar-refractivity contribution in [2.75, 3.05) is 13.1 Å². The molecule has 0 N–H and O–H groups in total. The van der Waals surface area contributed by atoms with Crippen LogP contribution in [0, 0.1) is 0 Å². The smallest absolute Gasteiger partial charge is 0.196 e. The number of para-hydroxylation sites is 1. The SMILES string of the molecule is c1ccc(-n2c(CN3CCCC3)nnc2SCc2csc(-c3cccs3)n2)cc1. The number of aromatic nitrogens is 4. The first kappa shape index (κ1) is 19.0. The molecule has 0 amide bonds. The van der Waals surface area contributed by atoms with Crippen LogP contribution in [0.1, 0.15) is 24.4 Å². The number of benzene rings is 1. The van der Waals surface area contributed by atoms with Crippen LogP contribution < -0.4 is 0 Å². The minimum absolute atomic E-state index is 0.788. The van der Waals surface area contributed by atoms with Gasteiger partial charge in [0.05, 0.1) is 17.1 Å². The van der Waals surface area contributed by atoms with Crippen molar-refractivity contribution in [3.8, 4) is 15.6 Å². The van der Waals surface area contributed by atoms with E-state index in [4.69, 9.17) is 4.98 Å². The predicted octanol–water partition coefficient (Wildman–Crippen LogP) is 5.34. The summed E-state index contributed by atoms with van der Waals surface area (Å²) in [5.74, 6) is 1.80. The third kappa shape index (κ3) is 4.30. The van der Waals surface area contributed by atoms with Crippen molar-refractivity contribution in [2.24, 2.45) is 0 Å². The molecular weight excluding hydrogens is 418 g/mol. The van der Waals surface area contributed by atoms with Crippen molar-refractivity contribution < 1.29 is 0 Å². The number of likely N-dealkylation sites (tertiary alicyclic amines) is 1. The van der Waals surface area contributed by atoms with E-state index in [1.54, 1.807) is 34.4 Å². The summed E-state index contributed by atoms with van der Waals surface area (Å²) >= 11 is 5.14. The minimum atomic E-state index is 0.788. The number of nitrogens with zero attached hydrogens (tertiary/aromatic N) is 5. The molecule has 0 atom stereocenters. The molecule has 0 aliphatic carbocycles. The van der Waals surface area contributed by atoms with Gasteiger partial charge in [-0.3, -0.25) is 9.47 Å². The fourth-order valence-electron chi connectivity index (χ4n) is 3.50. The minimum Gasteiger partial charge on any atom is -0.296 e. The summed E-state index contributed by atoms with van der Waals surface area (Å²) < 4.78 is 2.20. The lowest BCUT2D eigenvalue weighted by atomic mass is 10.3. The third-order valence-electron chi connectivity index (χ3n) is 4.91. The Hall–Kier alpha value is -2.00. The molecule has 29 heavy (non-hydrogen) atoms. The Kier molecular flexibility index (Phi) is 5.76. The van der Waals surface area contributed by atoms with Gasteiger partial charge in [-0.05, 0) is 49.5 Å². The topological polar surface area (TPSA) is 46.8 Å². The number of thiophene rings is 1. The normalized spacial score (nSPS) is 14.6. The second-order valence-corrected chi connectivity index (χ2v) is 9.71. The predicted molar refractivity (Wildman–Crippen MR) is 121 cm³/mol. The van der Waals surface area contributed by atoms with Crippen molar-refractivity contribution in [3.63, 3.8) is 0 Å². The van der Waals surface area contributed by atoms with Crippen molar-refractivity contribution in [1.29, 1.82) is 0 Å². The highest BCUT2D eigenvalue weighted by Crippen LogP contribution is 2.31. The summed E-state index contributed by atoms with van der Waals surface area (Å²) in [6.45, 7) is 3.14. The molecule has 1 aromatic carbocycles. The Morgan fingerprint density at radius 3 is 2.62 bits per heavy atom. The molecule has 4 aromatic rings. The van der Waals surface area contributed by atoms with Gasteiger partial charge in [-0.25, -0.2) is 4.98 Å². The molecule has 0 bridgehead atoms. The summed E-state index contributed by atoms with van der Waals surface area (Å²) in [6, 6.07) is 14.6. The van der Waals surface area contributed by atoms with Gasteiger partial charge in [0.1, 0.15) is 5.01 Å². The first-order valence-corrected chi connectivity index (χ1v) is 12.4. The number of hydrogen-bond acceptors (Lipinski definition) is 7. The molecule has 1 aliphatic rings. The number of thioether (sulfide) groups is 1. The monoisotopic (exact) mass is 439 g/mol. The lowest BCUT2D eigenvalue weighted by molar-refractivity contribution is 0.319. The highest BCUT2D eigenvalue weighted by Gasteiger charge is 2.19. The molecule has 5 rings (SSSR count). The standard InChI is InChI=1S/C21H21N5S3/c1-2-7-17(8-3-1)26-19(13-25-10-4-5-11-25)23-24-21(26)29-15-16-14-28-20(22-16)18-9-6-12-27-18/h1-3,6-9,12,14H,4-5,10-11,13,15H2. The number of rotatable bonds is 7. The van der Waals surface area contributed by atoms with Gasteiger partial charge in [-0.15, -0.1) is 32.9 Å². The summed E-state index contributed by atoms with van der Waals surface area (Å²) in [6.07, 6.45) is 2.55. The van der Waals surface area contributed by atoms with E-state index in [0.717, 1.165) is 52.8 Å². The first-order chi connectivity index (χ1) is 14.4. The van der Waals surface area contributed by atoms with Gasteiger partial charge in [0.2, 0.25) is 0 Å². The maximum Gasteiger partial charge on any atom is 0.196 e. The van der Waals surface area contributed by atoms with Gasteiger partial charge in [0, 0.05) is 16.8 Å². The van der Waals surface area contributed by atoms with E-state index in [-0.39, 0.29) is 0 Å². The van der Waals surface area contributed by atoms with Gasteiger partial charge in [0.15, 0.2) is 11.0 Å². The highest BCUT2D eigenvalue weighted by atomic mass is 32.2. The maximum atomic E-state index is 4.80. The molecule has 1 aliphatic heterocycles. The fraction of sp³-hybridized carbons (Fsp3) is 0.286. The van der Waals surface area contributed by atoms with E-state index >= 15 is 0 Å². The van der Waals surface area contributed by atoms with E-state index in [1.165, 1.54) is 17.7 Å². The zero-order valence-corrected chi connectivity index (χ0v) is 18.3. The van der Waals surface area contributed by atoms with Crippen LogP contribution in [0.5, 0.6) is 0 Å². The second-order valence-electron chi connectivity index (χ2n) is 6.96. The fourth-order valence-corrected chi connectivity index (χ4v) is 6.10. The molecule has 1 fully saturated rings. The molecule has 0 saturated carbocycles. The van der Waals surface area contributed by atoms with Crippen LogP contribution >= 0.6 is 34.4 Å². The average molecular weight is 440 g/mol. The Morgan fingerprint density at radius 2 is 1.83 bits per heavy atom. The van der Waals surface area contributed by atoms with Crippen molar-refractivity contribution in [1.82, 2.24) is 24.6 Å². The zero-order valence-electron chi connectivity index (χ0n) is 15.9. The molecule has 3 aromatic heterocycles. The van der Waals surface area contributed by atoms with E-state index in [2.05, 4.69) is 66.8 Å². The van der Waals surface area contributed by atoms with Crippen molar-refractivity contribution in [2.45, 2.75) is 30.3 Å². The molecule has 5 nitrogen and oxygen atoms in total. The van der Waals surface area contributed by atoms with Crippen LogP contribution in [0.3, 0.4) is 0 Å². The van der Waals surface area contributed by atoms with Crippen LogP contribution in [-0.2, 0) is 12.3 Å². The van der Waals surface area contributed by atoms with Crippen LogP contribution in [0.2, 0.25) is 0 Å². The summed E-state index contributed by atoms with van der Waals surface area (Å²) in [5.41, 5.74) is 2.21. The van der Waals surface area contributed by atoms with E-state index in [0.29, 0.717) is 0 Å². The van der Waals surface area contributed by atoms with E-state index in [1.807, 2.05) is 6.07 Å². The van der Waals surface area contributed by atoms with Crippen LogP contribution in [-0.4, -0.2) is 37.7 Å². The van der Waals surface area contributed by atoms with Crippen LogP contribution in [0.15, 0.2) is 58.4 Å². The molecule has 1 saturated heterocycles. The molecule has 0 radical (unpaired) electrons. The van der Waals surface area contributed by atoms with E-state index in [9.17, 15) is 0 Å². The summed E-state index contributed by atoms with van der Waals surface area (Å²) in [7, 11) is 0. The molecule has 8 heteroatoms. The Balaban J connectivity index is 1.37. The van der Waals surface area contributed by atoms with Crippen LogP contribution in [0.25, 0.3) is 15.6 Å². The number of thiazole rings is 1. The molecule has 4 heterocycles. The molecule has 0 unspecified atom stereocenters. The van der Waals surface area contributed by atoms with Crippen molar-refractivity contribution in [3.05, 3.63) is 64.7 Å². The summed E-state index contributed by atoms with van der Waals surface area (Å²) in [4.78, 5) is 8.49. The maximum absolute atomic E-state index is 4.80. The summed E-state index contributed by atoms with van der Waals surface area (Å²) in [5, 5.41) is 15.3. The lowest BCUT2D eigenvalue weighted by Crippen LogP contribution is -2.21. The van der Waals surface area contributed by atoms with Gasteiger partial charge < -0.3 is 0 Å². The van der Waals surface area contributed by atoms with Gasteiger partial charge in [-0.2, -0.15) is 0 Å². The van der Waals surface area contributed by atoms with Gasteiger partial charge in [-0.1, -0.05) is 36.0 Å². The van der Waals surface area contributed by atoms with Gasteiger partial charge >= 0.3 is 0 Å². The lowest BCUT2D eigenvalue weighted by Gasteiger charge is -2.15. The van der Waals surface area contributed by atoms with E-state index < -0.39 is 0 Å². The third-order valence-corrected chi connectivity index (χ3v) is 7.80. The van der Waals surface area contributed by atoms with Gasteiger partial charge in [0.25, 0.3) is 0 Å². The Morgan fingerprint density at radius 1 is 0.966 bits per heavy atom. The Labute approximate surface area is 182 Å². The largest absolute Gasteiger partial charge is 0.296 e. The molecule has 148 valence electrons. The first-order valence-electron chi connectivity index (χ1n) is 9.70. The highest BCUT2D eigenvalue weighted by molar-refractivity contribution is 7.98. The van der Waals surface area contributed by atoms with Crippen molar-refractivity contribution >= 4 is 34.4 Å². The molecule has 0 spiro atoms. The Bertz CT molecular complexity index is 1050. The quantitative estimate of drug-likeness (QED) is 0.364. The van der Waals surface area contributed by atoms with Crippen LogP contribution in [0.4, 0.5) is 0 Å².